The van der Waals surface area contributed by atoms with Gasteiger partial charge in [-0.25, -0.2) is 9.47 Å². The molecule has 0 aromatic heterocycles. The molecule has 31 heavy (non-hydrogen) atoms. The van der Waals surface area contributed by atoms with Crippen molar-refractivity contribution >= 4 is 0 Å². The van der Waals surface area contributed by atoms with E-state index >= 15 is 0 Å². The normalized spacial score (nSPS) is 16.7. The summed E-state index contributed by atoms with van der Waals surface area (Å²) in [5.74, 6) is -8.74. The van der Waals surface area contributed by atoms with E-state index in [0.29, 0.717) is 0 Å². The highest BCUT2D eigenvalue weighted by molar-refractivity contribution is 5.07. The maximum absolute atomic E-state index is 12.8. The van der Waals surface area contributed by atoms with Crippen LogP contribution in [0.1, 0.15) is 0 Å². The first-order chi connectivity index (χ1) is 13.3. The number of hydrogen-bond donors (Lipinski definition) is 0. The van der Waals surface area contributed by atoms with Gasteiger partial charge < -0.3 is 4.74 Å². The molecule has 0 aliphatic rings. The molecule has 0 radical (unpaired) electrons. The topological polar surface area (TPSA) is 27.7 Å². The Kier molecular flexibility index (Phi) is 7.90. The van der Waals surface area contributed by atoms with E-state index < -0.39 is 60.5 Å². The molecule has 0 aliphatic carbocycles. The van der Waals surface area contributed by atoms with E-state index in [1.165, 1.54) is 0 Å². The van der Waals surface area contributed by atoms with Gasteiger partial charge in [0.2, 0.25) is 0 Å². The molecule has 0 saturated heterocycles. The Morgan fingerprint density at radius 1 is 0.419 bits per heavy atom. The summed E-state index contributed by atoms with van der Waals surface area (Å²) in [6.45, 7) is 0. The highest BCUT2D eigenvalue weighted by atomic mass is 19.4. The average Bonchev–Trinajstić information content (AvgIpc) is 2.48. The zero-order valence-electron chi connectivity index (χ0n) is 13.0. The first-order valence-electron chi connectivity index (χ1n) is 6.13. The van der Waals surface area contributed by atoms with Crippen LogP contribution in [0.4, 0.5) is 79.0 Å². The molecule has 0 spiro atoms. The molecule has 0 rings (SSSR count). The summed E-state index contributed by atoms with van der Waals surface area (Å²) in [6.07, 6.45) is -41.2. The van der Waals surface area contributed by atoms with Gasteiger partial charge in [0.25, 0.3) is 11.7 Å². The fraction of sp³-hybridized carbons (Fsp3) is 0.600. The van der Waals surface area contributed by atoms with Crippen LogP contribution in [0, 0.1) is 0 Å². The van der Waals surface area contributed by atoms with Gasteiger partial charge in [-0.1, -0.05) is 0 Å². The molecule has 184 valence electrons. The molecule has 0 aromatic carbocycles. The van der Waals surface area contributed by atoms with Gasteiger partial charge in [0.05, 0.1) is 0 Å². The van der Waals surface area contributed by atoms with Crippen molar-refractivity contribution in [3.8, 4) is 0 Å². The van der Waals surface area contributed by atoms with E-state index in [2.05, 4.69) is 4.74 Å². The van der Waals surface area contributed by atoms with Crippen LogP contribution >= 0.6 is 0 Å². The van der Waals surface area contributed by atoms with Crippen LogP contribution in [0.15, 0.2) is 23.7 Å². The second kappa shape index (κ2) is 8.47. The van der Waals surface area contributed by atoms with E-state index in [0.717, 1.165) is 0 Å². The molecule has 0 N–H and O–H groups in total. The van der Waals surface area contributed by atoms with Gasteiger partial charge in [0.15, 0.2) is 0 Å². The van der Waals surface area contributed by atoms with Crippen molar-refractivity contribution in [2.24, 2.45) is 0 Å². The second-order valence-corrected chi connectivity index (χ2v) is 4.54. The molecular weight excluding hydrogens is 510 g/mol. The fourth-order valence-electron chi connectivity index (χ4n) is 0.924. The summed E-state index contributed by atoms with van der Waals surface area (Å²) in [7, 11) is 0. The average molecular weight is 510 g/mol. The van der Waals surface area contributed by atoms with Gasteiger partial charge in [0, 0.05) is 0 Å². The fourth-order valence-corrected chi connectivity index (χ4v) is 0.924. The minimum absolute atomic E-state index is 1.61. The van der Waals surface area contributed by atoms with Gasteiger partial charge in [-0.3, -0.25) is 0 Å². The Bertz CT molecular complexity index is 653. The molecule has 0 heterocycles. The van der Waals surface area contributed by atoms with Crippen LogP contribution in [0.25, 0.3) is 0 Å². The molecular formula is C10F18O3. The maximum Gasteiger partial charge on any atom is 0.483 e. The number of ether oxygens (including phenoxy) is 3. The minimum Gasteiger partial charge on any atom is -0.400 e. The third kappa shape index (κ3) is 6.97. The Labute approximate surface area is 155 Å². The predicted molar refractivity (Wildman–Crippen MR) is 53.6 cm³/mol. The van der Waals surface area contributed by atoms with Crippen molar-refractivity contribution < 1.29 is 93.2 Å². The number of hydrogen-bond acceptors (Lipinski definition) is 3. The molecule has 0 aliphatic heterocycles. The van der Waals surface area contributed by atoms with Crippen LogP contribution in [0.5, 0.6) is 0 Å². The Morgan fingerprint density at radius 2 is 0.645 bits per heavy atom. The first-order valence-corrected chi connectivity index (χ1v) is 6.13. The predicted octanol–water partition coefficient (Wildman–Crippen LogP) is 6.75. The van der Waals surface area contributed by atoms with Crippen molar-refractivity contribution in [1.82, 2.24) is 0 Å². The zero-order valence-corrected chi connectivity index (χ0v) is 13.0. The van der Waals surface area contributed by atoms with Crippen LogP contribution in [-0.2, 0) is 14.2 Å². The van der Waals surface area contributed by atoms with Gasteiger partial charge >= 0.3 is 48.8 Å². The van der Waals surface area contributed by atoms with Crippen molar-refractivity contribution in [2.45, 2.75) is 36.8 Å². The standard InChI is InChI=1S/C10F18O3/c11-1(5(15,16)30-9(25,26)7(19,20)21)3(13)29-4(14)2(12)6(17,18)31-10(27,28)8(22,23)24. The third-order valence-electron chi connectivity index (χ3n) is 2.21. The largest absolute Gasteiger partial charge is 0.483 e. The summed E-state index contributed by atoms with van der Waals surface area (Å²) in [5, 5.41) is 0. The molecule has 3 nitrogen and oxygen atoms in total. The summed E-state index contributed by atoms with van der Waals surface area (Å²) >= 11 is 0. The molecule has 0 bridgehead atoms. The molecule has 0 atom stereocenters. The van der Waals surface area contributed by atoms with E-state index in [1.54, 1.807) is 9.47 Å². The smallest absolute Gasteiger partial charge is 0.400 e. The van der Waals surface area contributed by atoms with E-state index in [9.17, 15) is 79.0 Å². The molecule has 0 unspecified atom stereocenters. The van der Waals surface area contributed by atoms with Gasteiger partial charge in [-0.05, 0) is 0 Å². The van der Waals surface area contributed by atoms with Crippen molar-refractivity contribution in [3.63, 3.8) is 0 Å². The lowest BCUT2D eigenvalue weighted by Gasteiger charge is -2.24. The number of alkyl halides is 14. The van der Waals surface area contributed by atoms with E-state index in [-0.39, 0.29) is 0 Å². The molecule has 21 heteroatoms. The summed E-state index contributed by atoms with van der Waals surface area (Å²) in [4.78, 5) is 0. The third-order valence-corrected chi connectivity index (χ3v) is 2.21. The lowest BCUT2D eigenvalue weighted by molar-refractivity contribution is -0.451. The van der Waals surface area contributed by atoms with Gasteiger partial charge in [-0.15, -0.1) is 0 Å². The Morgan fingerprint density at radius 3 is 0.839 bits per heavy atom. The lowest BCUT2D eigenvalue weighted by atomic mass is 10.5. The zero-order chi connectivity index (χ0) is 25.4. The highest BCUT2D eigenvalue weighted by Crippen LogP contribution is 2.45. The number of rotatable bonds is 8. The quantitative estimate of drug-likeness (QED) is 0.267. The summed E-state index contributed by atoms with van der Waals surface area (Å²) < 4.78 is 227. The van der Waals surface area contributed by atoms with Crippen LogP contribution in [0.2, 0.25) is 0 Å². The van der Waals surface area contributed by atoms with E-state index in [1.807, 2.05) is 0 Å². The highest BCUT2D eigenvalue weighted by Gasteiger charge is 2.66. The van der Waals surface area contributed by atoms with Gasteiger partial charge in [0.1, 0.15) is 0 Å². The van der Waals surface area contributed by atoms with Crippen LogP contribution < -0.4 is 0 Å². The molecule has 0 fully saturated rings. The molecule has 0 amide bonds. The lowest BCUT2D eigenvalue weighted by Crippen LogP contribution is -2.45. The second-order valence-electron chi connectivity index (χ2n) is 4.54. The summed E-state index contributed by atoms with van der Waals surface area (Å²) in [6, 6.07) is -8.21. The SMILES string of the molecule is FC(OC(F)=C(F)C(F)(F)OC(F)(F)C(F)(F)F)=C(F)C(F)(F)OC(F)(F)C(F)(F)F. The minimum atomic E-state index is -6.98. The first kappa shape index (κ1) is 28.9. The van der Waals surface area contributed by atoms with Gasteiger partial charge in [-0.2, -0.15) is 79.0 Å². The Hall–Kier alpha value is -2.06. The van der Waals surface area contributed by atoms with Crippen molar-refractivity contribution in [2.75, 3.05) is 0 Å². The number of halogens is 18. The van der Waals surface area contributed by atoms with Crippen molar-refractivity contribution in [3.05, 3.63) is 23.7 Å². The van der Waals surface area contributed by atoms with Crippen LogP contribution in [-0.4, -0.2) is 36.8 Å². The summed E-state index contributed by atoms with van der Waals surface area (Å²) in [5.41, 5.74) is 0. The van der Waals surface area contributed by atoms with E-state index in [4.69, 9.17) is 0 Å². The monoisotopic (exact) mass is 510 g/mol. The Balaban J connectivity index is 5.84. The molecule has 0 saturated carbocycles. The molecule has 0 aromatic rings. The maximum atomic E-state index is 12.8. The van der Waals surface area contributed by atoms with Crippen molar-refractivity contribution in [1.29, 1.82) is 0 Å². The van der Waals surface area contributed by atoms with Crippen LogP contribution in [0.3, 0.4) is 0 Å².